The van der Waals surface area contributed by atoms with E-state index in [9.17, 15) is 0 Å². The van der Waals surface area contributed by atoms with E-state index in [-0.39, 0.29) is 0 Å². The van der Waals surface area contributed by atoms with Crippen molar-refractivity contribution in [3.05, 3.63) is 47.7 Å². The van der Waals surface area contributed by atoms with E-state index in [0.29, 0.717) is 17.2 Å². The van der Waals surface area contributed by atoms with Gasteiger partial charge >= 0.3 is 0 Å². The second-order valence-electron chi connectivity index (χ2n) is 4.26. The van der Waals surface area contributed by atoms with E-state index < -0.39 is 0 Å². The molecule has 0 aliphatic rings. The standard InChI is InChI=1S/C14H11N5/c1-9-5-6-12-13(17-9)19(14(16)18-12)11-4-2-3-10(7-11)8-15/h2-7H,1H3,(H2,16,18). The summed E-state index contributed by atoms with van der Waals surface area (Å²) in [6.07, 6.45) is 0. The third-order valence-electron chi connectivity index (χ3n) is 2.90. The van der Waals surface area contributed by atoms with Gasteiger partial charge in [0.05, 0.1) is 17.3 Å². The molecule has 2 N–H and O–H groups in total. The molecule has 1 aromatic carbocycles. The number of fused-ring (bicyclic) bond motifs is 1. The van der Waals surface area contributed by atoms with Crippen molar-refractivity contribution in [2.45, 2.75) is 6.92 Å². The van der Waals surface area contributed by atoms with Gasteiger partial charge in [-0.1, -0.05) is 6.07 Å². The first-order valence-electron chi connectivity index (χ1n) is 5.81. The number of benzene rings is 1. The van der Waals surface area contributed by atoms with Crippen molar-refractivity contribution >= 4 is 17.1 Å². The van der Waals surface area contributed by atoms with Crippen LogP contribution in [0.2, 0.25) is 0 Å². The van der Waals surface area contributed by atoms with Crippen molar-refractivity contribution in [2.75, 3.05) is 5.73 Å². The molecule has 0 aliphatic heterocycles. The van der Waals surface area contributed by atoms with E-state index >= 15 is 0 Å². The van der Waals surface area contributed by atoms with Gasteiger partial charge in [0.15, 0.2) is 5.65 Å². The van der Waals surface area contributed by atoms with Crippen LogP contribution in [0.1, 0.15) is 11.3 Å². The molecule has 0 saturated heterocycles. The normalized spacial score (nSPS) is 10.5. The number of aromatic nitrogens is 3. The lowest BCUT2D eigenvalue weighted by molar-refractivity contribution is 1.07. The fourth-order valence-electron chi connectivity index (χ4n) is 2.04. The SMILES string of the molecule is Cc1ccc2nc(N)n(-c3cccc(C#N)c3)c2n1. The molecule has 0 unspecified atom stereocenters. The molecule has 5 heteroatoms. The molecule has 0 saturated carbocycles. The van der Waals surface area contributed by atoms with Gasteiger partial charge in [-0.3, -0.25) is 4.57 Å². The topological polar surface area (TPSA) is 80.5 Å². The Morgan fingerprint density at radius 1 is 1.21 bits per heavy atom. The molecule has 0 spiro atoms. The van der Waals surface area contributed by atoms with Gasteiger partial charge in [0.1, 0.15) is 5.52 Å². The van der Waals surface area contributed by atoms with E-state index in [2.05, 4.69) is 16.0 Å². The van der Waals surface area contributed by atoms with Crippen LogP contribution in [0.5, 0.6) is 0 Å². The maximum absolute atomic E-state index is 8.96. The molecule has 0 aliphatic carbocycles. The van der Waals surface area contributed by atoms with Crippen LogP contribution in [-0.4, -0.2) is 14.5 Å². The van der Waals surface area contributed by atoms with Crippen LogP contribution in [0, 0.1) is 18.3 Å². The van der Waals surface area contributed by atoms with Crippen molar-refractivity contribution in [1.82, 2.24) is 14.5 Å². The van der Waals surface area contributed by atoms with Gasteiger partial charge < -0.3 is 5.73 Å². The highest BCUT2D eigenvalue weighted by Crippen LogP contribution is 2.22. The highest BCUT2D eigenvalue weighted by molar-refractivity contribution is 5.77. The van der Waals surface area contributed by atoms with Crippen LogP contribution < -0.4 is 5.73 Å². The number of anilines is 1. The second kappa shape index (κ2) is 4.10. The van der Waals surface area contributed by atoms with Crippen molar-refractivity contribution in [2.24, 2.45) is 0 Å². The summed E-state index contributed by atoms with van der Waals surface area (Å²) in [6.45, 7) is 1.92. The van der Waals surface area contributed by atoms with Crippen molar-refractivity contribution in [3.8, 4) is 11.8 Å². The zero-order chi connectivity index (χ0) is 13.4. The average molecular weight is 249 g/mol. The first-order valence-corrected chi connectivity index (χ1v) is 5.81. The molecule has 3 aromatic rings. The number of nitriles is 1. The molecule has 0 radical (unpaired) electrons. The summed E-state index contributed by atoms with van der Waals surface area (Å²) in [4.78, 5) is 8.75. The first kappa shape index (κ1) is 11.2. The van der Waals surface area contributed by atoms with Gasteiger partial charge in [-0.15, -0.1) is 0 Å². The van der Waals surface area contributed by atoms with E-state index in [1.165, 1.54) is 0 Å². The third-order valence-corrected chi connectivity index (χ3v) is 2.90. The Labute approximate surface area is 109 Å². The van der Waals surface area contributed by atoms with Crippen molar-refractivity contribution < 1.29 is 0 Å². The first-order chi connectivity index (χ1) is 9.19. The third kappa shape index (κ3) is 1.79. The van der Waals surface area contributed by atoms with Crippen LogP contribution in [0.15, 0.2) is 36.4 Å². The number of pyridine rings is 1. The summed E-state index contributed by atoms with van der Waals surface area (Å²) in [5.74, 6) is 0.364. The monoisotopic (exact) mass is 249 g/mol. The Kier molecular flexibility index (Phi) is 2.43. The molecule has 19 heavy (non-hydrogen) atoms. The quantitative estimate of drug-likeness (QED) is 0.716. The molecule has 2 aromatic heterocycles. The highest BCUT2D eigenvalue weighted by Gasteiger charge is 2.11. The number of aryl methyl sites for hydroxylation is 1. The Morgan fingerprint density at radius 3 is 2.84 bits per heavy atom. The van der Waals surface area contributed by atoms with Crippen LogP contribution in [0.4, 0.5) is 5.95 Å². The lowest BCUT2D eigenvalue weighted by atomic mass is 10.2. The summed E-state index contributed by atoms with van der Waals surface area (Å²) in [6, 6.07) is 13.1. The second-order valence-corrected chi connectivity index (χ2v) is 4.26. The van der Waals surface area contributed by atoms with Gasteiger partial charge in [-0.25, -0.2) is 9.97 Å². The fraction of sp³-hybridized carbons (Fsp3) is 0.0714. The minimum Gasteiger partial charge on any atom is -0.369 e. The highest BCUT2D eigenvalue weighted by atomic mass is 15.2. The largest absolute Gasteiger partial charge is 0.369 e. The Balaban J connectivity index is 2.32. The number of nitrogens with two attached hydrogens (primary N) is 1. The molecular weight excluding hydrogens is 238 g/mol. The van der Waals surface area contributed by atoms with Crippen molar-refractivity contribution in [3.63, 3.8) is 0 Å². The fourth-order valence-corrected chi connectivity index (χ4v) is 2.04. The summed E-state index contributed by atoms with van der Waals surface area (Å²) in [5.41, 5.74) is 9.66. The molecular formula is C14H11N5. The molecule has 2 heterocycles. The Bertz CT molecular complexity index is 810. The Morgan fingerprint density at radius 2 is 2.05 bits per heavy atom. The van der Waals surface area contributed by atoms with Gasteiger partial charge in [0.25, 0.3) is 0 Å². The predicted molar refractivity (Wildman–Crippen MR) is 72.7 cm³/mol. The lowest BCUT2D eigenvalue weighted by Crippen LogP contribution is -2.02. The van der Waals surface area contributed by atoms with Crippen LogP contribution >= 0.6 is 0 Å². The number of nitrogens with zero attached hydrogens (tertiary/aromatic N) is 4. The average Bonchev–Trinajstić information content (AvgIpc) is 2.74. The van der Waals surface area contributed by atoms with Gasteiger partial charge in [-0.2, -0.15) is 5.26 Å². The van der Waals surface area contributed by atoms with Crippen LogP contribution in [0.25, 0.3) is 16.9 Å². The zero-order valence-corrected chi connectivity index (χ0v) is 10.3. The summed E-state index contributed by atoms with van der Waals surface area (Å²) in [7, 11) is 0. The minimum atomic E-state index is 0.364. The van der Waals surface area contributed by atoms with Crippen molar-refractivity contribution in [1.29, 1.82) is 5.26 Å². The molecule has 0 atom stereocenters. The van der Waals surface area contributed by atoms with Gasteiger partial charge in [-0.05, 0) is 37.3 Å². The maximum Gasteiger partial charge on any atom is 0.207 e. The van der Waals surface area contributed by atoms with Crippen LogP contribution in [0.3, 0.4) is 0 Å². The number of rotatable bonds is 1. The van der Waals surface area contributed by atoms with Gasteiger partial charge in [0, 0.05) is 5.69 Å². The van der Waals surface area contributed by atoms with E-state index in [1.807, 2.05) is 31.2 Å². The molecule has 3 rings (SSSR count). The van der Waals surface area contributed by atoms with E-state index in [0.717, 1.165) is 16.9 Å². The molecule has 0 fully saturated rings. The van der Waals surface area contributed by atoms with Gasteiger partial charge in [0.2, 0.25) is 5.95 Å². The number of imidazole rings is 1. The molecule has 0 amide bonds. The molecule has 92 valence electrons. The minimum absolute atomic E-state index is 0.364. The van der Waals surface area contributed by atoms with Crippen LogP contribution in [-0.2, 0) is 0 Å². The summed E-state index contributed by atoms with van der Waals surface area (Å²) in [5, 5.41) is 8.96. The zero-order valence-electron chi connectivity index (χ0n) is 10.3. The number of hydrogen-bond acceptors (Lipinski definition) is 4. The Hall–Kier alpha value is -2.87. The lowest BCUT2D eigenvalue weighted by Gasteiger charge is -2.06. The maximum atomic E-state index is 8.96. The predicted octanol–water partition coefficient (Wildman–Crippen LogP) is 2.18. The molecule has 0 bridgehead atoms. The summed E-state index contributed by atoms with van der Waals surface area (Å²) >= 11 is 0. The number of hydrogen-bond donors (Lipinski definition) is 1. The smallest absolute Gasteiger partial charge is 0.207 e. The van der Waals surface area contributed by atoms with E-state index in [4.69, 9.17) is 11.0 Å². The summed E-state index contributed by atoms with van der Waals surface area (Å²) < 4.78 is 1.75. The van der Waals surface area contributed by atoms with E-state index in [1.54, 1.807) is 16.7 Å². The number of nitrogen functional groups attached to an aromatic ring is 1. The molecule has 5 nitrogen and oxygen atoms in total.